The topological polar surface area (TPSA) is 107 Å². The van der Waals surface area contributed by atoms with Gasteiger partial charge < -0.3 is 29.8 Å². The molecule has 9 heteroatoms. The monoisotopic (exact) mass is 614 g/mol. The van der Waals surface area contributed by atoms with Crippen molar-refractivity contribution in [2.45, 2.75) is 44.3 Å². The van der Waals surface area contributed by atoms with Gasteiger partial charge in [-0.2, -0.15) is 0 Å². The Morgan fingerprint density at radius 3 is 2.50 bits per heavy atom. The van der Waals surface area contributed by atoms with Crippen LogP contribution in [0.2, 0.25) is 0 Å². The van der Waals surface area contributed by atoms with E-state index in [1.165, 1.54) is 18.9 Å². The first-order valence-electron chi connectivity index (χ1n) is 16.1. The van der Waals surface area contributed by atoms with Gasteiger partial charge in [0.1, 0.15) is 11.3 Å². The molecule has 3 N–H and O–H groups in total. The number of carbonyl (C=O) groups is 2. The number of methoxy groups -OCH3 is 1. The van der Waals surface area contributed by atoms with Gasteiger partial charge in [-0.05, 0) is 91.1 Å². The van der Waals surface area contributed by atoms with E-state index in [2.05, 4.69) is 45.3 Å². The molecule has 3 aromatic carbocycles. The predicted octanol–water partition coefficient (Wildman–Crippen LogP) is 5.97. The van der Waals surface area contributed by atoms with Gasteiger partial charge in [0.15, 0.2) is 5.82 Å². The molecule has 0 spiro atoms. The van der Waals surface area contributed by atoms with Crippen molar-refractivity contribution in [3.05, 3.63) is 78.9 Å². The summed E-state index contributed by atoms with van der Waals surface area (Å²) in [4.78, 5) is 32.6. The minimum absolute atomic E-state index is 0.00143. The van der Waals surface area contributed by atoms with Crippen LogP contribution in [0.25, 0.3) is 44.6 Å². The summed E-state index contributed by atoms with van der Waals surface area (Å²) in [6.45, 7) is 5.16. The van der Waals surface area contributed by atoms with Crippen LogP contribution in [0.3, 0.4) is 0 Å². The number of hydrogen-bond acceptors (Lipinski definition) is 5. The molecule has 2 saturated carbocycles. The summed E-state index contributed by atoms with van der Waals surface area (Å²) in [5.74, 6) is 2.27. The maximum atomic E-state index is 13.7. The van der Waals surface area contributed by atoms with E-state index in [4.69, 9.17) is 15.5 Å². The molecule has 234 valence electrons. The highest BCUT2D eigenvalue weighted by Crippen LogP contribution is 2.41. The van der Waals surface area contributed by atoms with Crippen LogP contribution in [-0.4, -0.2) is 56.6 Å². The fourth-order valence-corrected chi connectivity index (χ4v) is 7.58. The number of likely N-dealkylation sites (tertiary alicyclic amines) is 1. The number of imidazole rings is 1. The Kier molecular flexibility index (Phi) is 6.76. The summed E-state index contributed by atoms with van der Waals surface area (Å²) in [7, 11) is 3.67. The first-order chi connectivity index (χ1) is 22.3. The quantitative estimate of drug-likeness (QED) is 0.210. The zero-order valence-corrected chi connectivity index (χ0v) is 26.2. The molecule has 2 unspecified atom stereocenters. The van der Waals surface area contributed by atoms with E-state index in [0.29, 0.717) is 23.1 Å². The molecule has 2 aliphatic carbocycles. The number of ether oxygens (including phenoxy) is 1. The number of nitrogens with one attached hydrogen (secondary N) is 1. The molecular formula is C37H38N6O3. The van der Waals surface area contributed by atoms with E-state index < -0.39 is 0 Å². The molecule has 0 radical (unpaired) electrons. The summed E-state index contributed by atoms with van der Waals surface area (Å²) in [5.41, 5.74) is 13.7. The number of nitrogens with zero attached hydrogens (tertiary/aromatic N) is 4. The third kappa shape index (κ3) is 4.69. The lowest BCUT2D eigenvalue weighted by Gasteiger charge is -2.27. The van der Waals surface area contributed by atoms with E-state index >= 15 is 0 Å². The van der Waals surface area contributed by atoms with Gasteiger partial charge in [0.2, 0.25) is 5.91 Å². The van der Waals surface area contributed by atoms with Crippen molar-refractivity contribution in [3.8, 4) is 28.4 Å². The number of aryl methyl sites for hydroxylation is 1. The second-order valence-electron chi connectivity index (χ2n) is 13.1. The second-order valence-corrected chi connectivity index (χ2v) is 13.1. The molecule has 5 aromatic rings. The minimum Gasteiger partial charge on any atom is -0.494 e. The molecule has 3 aliphatic rings. The van der Waals surface area contributed by atoms with Gasteiger partial charge >= 0.3 is 0 Å². The third-order valence-electron chi connectivity index (χ3n) is 10.3. The largest absolute Gasteiger partial charge is 0.494 e. The van der Waals surface area contributed by atoms with Gasteiger partial charge in [0.25, 0.3) is 5.91 Å². The highest BCUT2D eigenvalue weighted by Gasteiger charge is 2.47. The Morgan fingerprint density at radius 1 is 1.04 bits per heavy atom. The zero-order valence-electron chi connectivity index (χ0n) is 26.2. The van der Waals surface area contributed by atoms with E-state index in [-0.39, 0.29) is 23.9 Å². The lowest BCUT2D eigenvalue weighted by molar-refractivity contribution is -0.111. The Morgan fingerprint density at radius 2 is 1.83 bits per heavy atom. The first kappa shape index (κ1) is 28.6. The fraction of sp³-hybridized carbons (Fsp3) is 0.324. The molecule has 2 aromatic heterocycles. The van der Waals surface area contributed by atoms with Crippen LogP contribution in [0.4, 0.5) is 5.69 Å². The zero-order chi connectivity index (χ0) is 31.7. The number of amides is 2. The van der Waals surface area contributed by atoms with Crippen molar-refractivity contribution in [1.82, 2.24) is 19.0 Å². The van der Waals surface area contributed by atoms with Crippen molar-refractivity contribution < 1.29 is 14.3 Å². The molecule has 3 fully saturated rings. The van der Waals surface area contributed by atoms with Crippen molar-refractivity contribution in [3.63, 3.8) is 0 Å². The highest BCUT2D eigenvalue weighted by atomic mass is 16.5. The van der Waals surface area contributed by atoms with Crippen molar-refractivity contribution >= 4 is 39.4 Å². The van der Waals surface area contributed by atoms with Crippen molar-refractivity contribution in [2.75, 3.05) is 19.0 Å². The lowest BCUT2D eigenvalue weighted by Crippen LogP contribution is -2.41. The normalized spacial score (nSPS) is 20.5. The number of carbonyl (C=O) groups excluding carboxylic acids is 2. The van der Waals surface area contributed by atoms with Crippen LogP contribution in [0.1, 0.15) is 36.0 Å². The SMILES string of the molecule is C=CC(=O)Nc1ccc(-c2ccc3cc(-c4nc5cc(C(=O)N6CC7CCC6[C@@H]7N)cc(OC)c5n4C)n(CC4CC4)c3c2)cc1. The Balaban J connectivity index is 1.19. The van der Waals surface area contributed by atoms with Crippen molar-refractivity contribution in [1.29, 1.82) is 0 Å². The van der Waals surface area contributed by atoms with Crippen LogP contribution >= 0.6 is 0 Å². The number of hydrogen-bond donors (Lipinski definition) is 2. The minimum atomic E-state index is -0.231. The number of rotatable bonds is 8. The average Bonchev–Trinajstić information content (AvgIpc) is 3.48. The fourth-order valence-electron chi connectivity index (χ4n) is 7.58. The molecule has 3 heterocycles. The number of anilines is 1. The van der Waals surface area contributed by atoms with Crippen molar-refractivity contribution in [2.24, 2.45) is 24.6 Å². The molecule has 2 amide bonds. The van der Waals surface area contributed by atoms with Gasteiger partial charge in [-0.25, -0.2) is 4.98 Å². The Bertz CT molecular complexity index is 2040. The molecule has 3 atom stereocenters. The maximum Gasteiger partial charge on any atom is 0.254 e. The van der Waals surface area contributed by atoms with E-state index in [9.17, 15) is 9.59 Å². The molecule has 8 rings (SSSR count). The predicted molar refractivity (Wildman–Crippen MR) is 181 cm³/mol. The summed E-state index contributed by atoms with van der Waals surface area (Å²) >= 11 is 0. The Hall–Kier alpha value is -4.89. The van der Waals surface area contributed by atoms with E-state index in [1.54, 1.807) is 7.11 Å². The Labute approximate surface area is 267 Å². The summed E-state index contributed by atoms with van der Waals surface area (Å²) in [5, 5.41) is 3.95. The summed E-state index contributed by atoms with van der Waals surface area (Å²) in [6.07, 6.45) is 5.78. The number of fused-ring (bicyclic) bond motifs is 4. The molecule has 46 heavy (non-hydrogen) atoms. The number of nitrogens with two attached hydrogens (primary N) is 1. The summed E-state index contributed by atoms with van der Waals surface area (Å²) < 4.78 is 10.4. The molecule has 1 saturated heterocycles. The van der Waals surface area contributed by atoms with Gasteiger partial charge in [0, 0.05) is 54.4 Å². The summed E-state index contributed by atoms with van der Waals surface area (Å²) in [6, 6.07) is 20.6. The maximum absolute atomic E-state index is 13.7. The number of aromatic nitrogens is 3. The van der Waals surface area contributed by atoms with Gasteiger partial charge in [-0.1, -0.05) is 30.8 Å². The number of benzene rings is 3. The van der Waals surface area contributed by atoms with Crippen LogP contribution in [-0.2, 0) is 18.4 Å². The smallest absolute Gasteiger partial charge is 0.254 e. The average molecular weight is 615 g/mol. The lowest BCUT2D eigenvalue weighted by atomic mass is 10.0. The van der Waals surface area contributed by atoms with Crippen LogP contribution < -0.4 is 15.8 Å². The van der Waals surface area contributed by atoms with Gasteiger partial charge in [-0.3, -0.25) is 9.59 Å². The second kappa shape index (κ2) is 10.9. The number of piperidine rings is 1. The molecular weight excluding hydrogens is 576 g/mol. The molecule has 9 nitrogen and oxygen atoms in total. The molecule has 2 bridgehead atoms. The van der Waals surface area contributed by atoms with Crippen LogP contribution in [0, 0.1) is 11.8 Å². The highest BCUT2D eigenvalue weighted by molar-refractivity contribution is 6.01. The van der Waals surface area contributed by atoms with E-state index in [0.717, 1.165) is 76.2 Å². The van der Waals surface area contributed by atoms with Crippen LogP contribution in [0.5, 0.6) is 5.75 Å². The molecule has 1 aliphatic heterocycles. The van der Waals surface area contributed by atoms with E-state index in [1.807, 2.05) is 48.3 Å². The standard InChI is InChI=1S/C37H38N6O3/c1-4-33(44)39-27-12-9-22(10-13-27)23-7-8-24-17-31(42(30(24)16-23)19-21-5-6-21)36-40-28-15-26(18-32(46-3)35(28)41(36)2)37(45)43-20-25-11-14-29(43)34(25)38/h4,7-10,12-13,15-18,21,25,29,34H,1,5-6,11,14,19-20,38H2,2-3H3,(H,39,44)/t25?,29?,34-/m1/s1. The first-order valence-corrected chi connectivity index (χ1v) is 16.1. The van der Waals surface area contributed by atoms with Gasteiger partial charge in [-0.15, -0.1) is 0 Å². The third-order valence-corrected chi connectivity index (χ3v) is 10.3. The van der Waals surface area contributed by atoms with Gasteiger partial charge in [0.05, 0.1) is 18.3 Å². The van der Waals surface area contributed by atoms with Crippen LogP contribution in [0.15, 0.2) is 73.3 Å².